The van der Waals surface area contributed by atoms with Gasteiger partial charge in [-0.15, -0.1) is 11.3 Å². The van der Waals surface area contributed by atoms with Crippen LogP contribution < -0.4 is 14.8 Å². The summed E-state index contributed by atoms with van der Waals surface area (Å²) in [6.07, 6.45) is -0.172. The van der Waals surface area contributed by atoms with E-state index in [1.165, 1.54) is 4.88 Å². The Hall–Kier alpha value is -1.96. The van der Waals surface area contributed by atoms with E-state index in [0.717, 1.165) is 48.6 Å². The highest BCUT2D eigenvalue weighted by Crippen LogP contribution is 2.30. The number of nitrogens with zero attached hydrogens (tertiary/aromatic N) is 2. The molecule has 6 nitrogen and oxygen atoms in total. The van der Waals surface area contributed by atoms with Gasteiger partial charge in [-0.1, -0.05) is 23.7 Å². The zero-order valence-corrected chi connectivity index (χ0v) is 16.5. The molecule has 0 bridgehead atoms. The van der Waals surface area contributed by atoms with Gasteiger partial charge in [-0.25, -0.2) is 4.79 Å². The maximum absolute atomic E-state index is 12.4. The fraction of sp³-hybridized carbons (Fsp3) is 0.421. The number of thiophene rings is 1. The number of carbonyl (C=O) groups is 1. The van der Waals surface area contributed by atoms with Crippen molar-refractivity contribution in [2.24, 2.45) is 0 Å². The zero-order valence-electron chi connectivity index (χ0n) is 14.9. The van der Waals surface area contributed by atoms with Crippen LogP contribution in [0.3, 0.4) is 0 Å². The molecule has 0 radical (unpaired) electrons. The van der Waals surface area contributed by atoms with E-state index in [0.29, 0.717) is 13.2 Å². The number of fused-ring (bicyclic) bond motifs is 1. The lowest BCUT2D eigenvalue weighted by molar-refractivity contribution is 0.0877. The molecule has 1 aromatic heterocycles. The molecule has 3 heterocycles. The molecule has 1 unspecified atom stereocenters. The number of amides is 2. The number of nitrogens with one attached hydrogen (secondary N) is 1. The van der Waals surface area contributed by atoms with Crippen molar-refractivity contribution in [2.45, 2.75) is 12.6 Å². The number of hydrogen-bond donors (Lipinski definition) is 1. The third kappa shape index (κ3) is 4.66. The lowest BCUT2D eigenvalue weighted by atomic mass is 10.2. The second-order valence-electron chi connectivity index (χ2n) is 6.65. The van der Waals surface area contributed by atoms with Crippen molar-refractivity contribution in [3.05, 3.63) is 45.6 Å². The number of para-hydroxylation sites is 2. The Balaban J connectivity index is 1.20. The van der Waals surface area contributed by atoms with Gasteiger partial charge in [0.05, 0.1) is 10.9 Å². The monoisotopic (exact) mass is 407 g/mol. The molecule has 8 heteroatoms. The Morgan fingerprint density at radius 3 is 2.67 bits per heavy atom. The third-order valence-electron chi connectivity index (χ3n) is 4.72. The van der Waals surface area contributed by atoms with E-state index in [1.807, 2.05) is 35.2 Å². The molecule has 1 aromatic carbocycles. The normalized spacial score (nSPS) is 19.7. The van der Waals surface area contributed by atoms with E-state index >= 15 is 0 Å². The molecule has 1 atom stereocenters. The topological polar surface area (TPSA) is 54.0 Å². The molecule has 2 aliphatic heterocycles. The fourth-order valence-electron chi connectivity index (χ4n) is 3.24. The first kappa shape index (κ1) is 18.4. The summed E-state index contributed by atoms with van der Waals surface area (Å²) in [5, 5.41) is 2.97. The zero-order chi connectivity index (χ0) is 18.6. The maximum atomic E-state index is 12.4. The van der Waals surface area contributed by atoms with Gasteiger partial charge in [-0.3, -0.25) is 4.90 Å². The van der Waals surface area contributed by atoms with Crippen LogP contribution in [0.5, 0.6) is 11.5 Å². The van der Waals surface area contributed by atoms with E-state index in [1.54, 1.807) is 11.3 Å². The van der Waals surface area contributed by atoms with Gasteiger partial charge < -0.3 is 19.7 Å². The van der Waals surface area contributed by atoms with Crippen LogP contribution in [0.2, 0.25) is 4.34 Å². The molecule has 1 fully saturated rings. The molecular weight excluding hydrogens is 386 g/mol. The molecule has 4 rings (SSSR count). The molecule has 1 saturated heterocycles. The Morgan fingerprint density at radius 2 is 1.93 bits per heavy atom. The number of ether oxygens (including phenoxy) is 2. The van der Waals surface area contributed by atoms with Gasteiger partial charge in [0.1, 0.15) is 6.61 Å². The van der Waals surface area contributed by atoms with E-state index in [4.69, 9.17) is 21.1 Å². The Morgan fingerprint density at radius 1 is 1.15 bits per heavy atom. The molecule has 27 heavy (non-hydrogen) atoms. The first-order valence-electron chi connectivity index (χ1n) is 9.05. The largest absolute Gasteiger partial charge is 0.486 e. The number of piperazine rings is 1. The number of hydrogen-bond acceptors (Lipinski definition) is 5. The first-order chi connectivity index (χ1) is 13.2. The molecule has 1 N–H and O–H groups in total. The van der Waals surface area contributed by atoms with Gasteiger partial charge in [0.2, 0.25) is 0 Å². The average Bonchev–Trinajstić information content (AvgIpc) is 3.11. The van der Waals surface area contributed by atoms with Gasteiger partial charge in [-0.05, 0) is 24.3 Å². The molecule has 2 aliphatic rings. The minimum Gasteiger partial charge on any atom is -0.486 e. The summed E-state index contributed by atoms with van der Waals surface area (Å²) in [5.74, 6) is 1.48. The smallest absolute Gasteiger partial charge is 0.317 e. The number of carbonyl (C=O) groups excluding carboxylic acids is 1. The summed E-state index contributed by atoms with van der Waals surface area (Å²) in [6.45, 7) is 4.92. The van der Waals surface area contributed by atoms with Crippen molar-refractivity contribution in [3.8, 4) is 11.5 Å². The second-order valence-corrected chi connectivity index (χ2v) is 8.45. The van der Waals surface area contributed by atoms with Crippen LogP contribution in [0.15, 0.2) is 36.4 Å². The van der Waals surface area contributed by atoms with Crippen molar-refractivity contribution in [2.75, 3.05) is 39.3 Å². The predicted molar refractivity (Wildman–Crippen MR) is 106 cm³/mol. The van der Waals surface area contributed by atoms with Gasteiger partial charge in [0, 0.05) is 37.6 Å². The number of rotatable bonds is 4. The van der Waals surface area contributed by atoms with Gasteiger partial charge >= 0.3 is 6.03 Å². The molecule has 2 aromatic rings. The van der Waals surface area contributed by atoms with E-state index in [-0.39, 0.29) is 12.1 Å². The van der Waals surface area contributed by atoms with E-state index < -0.39 is 0 Å². The Labute approximate surface area is 167 Å². The van der Waals surface area contributed by atoms with Crippen LogP contribution in [0, 0.1) is 0 Å². The number of halogens is 1. The van der Waals surface area contributed by atoms with Crippen molar-refractivity contribution in [3.63, 3.8) is 0 Å². The van der Waals surface area contributed by atoms with Crippen LogP contribution in [0.1, 0.15) is 4.88 Å². The Kier molecular flexibility index (Phi) is 5.71. The SMILES string of the molecule is O=C(NCC1COc2ccccc2O1)N1CCN(Cc2ccc(Cl)s2)CC1. The molecule has 0 spiro atoms. The number of benzene rings is 1. The van der Waals surface area contributed by atoms with E-state index in [2.05, 4.69) is 16.3 Å². The maximum Gasteiger partial charge on any atom is 0.317 e. The van der Waals surface area contributed by atoms with Crippen molar-refractivity contribution in [1.82, 2.24) is 15.1 Å². The minimum atomic E-state index is -0.172. The molecule has 144 valence electrons. The third-order valence-corrected chi connectivity index (χ3v) is 5.93. The highest BCUT2D eigenvalue weighted by atomic mass is 35.5. The van der Waals surface area contributed by atoms with Crippen LogP contribution in [-0.2, 0) is 6.54 Å². The van der Waals surface area contributed by atoms with Crippen molar-refractivity contribution < 1.29 is 14.3 Å². The number of urea groups is 1. The second kappa shape index (κ2) is 8.37. The van der Waals surface area contributed by atoms with Gasteiger partial charge in [0.25, 0.3) is 0 Å². The van der Waals surface area contributed by atoms with Gasteiger partial charge in [0.15, 0.2) is 17.6 Å². The molecular formula is C19H22ClN3O3S. The lowest BCUT2D eigenvalue weighted by Crippen LogP contribution is -2.53. The molecule has 0 aliphatic carbocycles. The van der Waals surface area contributed by atoms with Crippen molar-refractivity contribution >= 4 is 29.0 Å². The summed E-state index contributed by atoms with van der Waals surface area (Å²) in [5.41, 5.74) is 0. The summed E-state index contributed by atoms with van der Waals surface area (Å²) < 4.78 is 12.4. The van der Waals surface area contributed by atoms with Crippen LogP contribution in [-0.4, -0.2) is 61.3 Å². The minimum absolute atomic E-state index is 0.0451. The van der Waals surface area contributed by atoms with Crippen LogP contribution in [0.25, 0.3) is 0 Å². The summed E-state index contributed by atoms with van der Waals surface area (Å²) >= 11 is 7.60. The quantitative estimate of drug-likeness (QED) is 0.846. The van der Waals surface area contributed by atoms with Gasteiger partial charge in [-0.2, -0.15) is 0 Å². The first-order valence-corrected chi connectivity index (χ1v) is 10.2. The summed E-state index contributed by atoms with van der Waals surface area (Å²) in [6, 6.07) is 11.5. The lowest BCUT2D eigenvalue weighted by Gasteiger charge is -2.35. The highest BCUT2D eigenvalue weighted by Gasteiger charge is 2.24. The summed E-state index contributed by atoms with van der Waals surface area (Å²) in [7, 11) is 0. The van der Waals surface area contributed by atoms with Crippen LogP contribution in [0.4, 0.5) is 4.79 Å². The molecule has 2 amide bonds. The standard InChI is InChI=1S/C19H22ClN3O3S/c20-18-6-5-15(27-18)12-22-7-9-23(10-8-22)19(24)21-11-14-13-25-16-3-1-2-4-17(16)26-14/h1-6,14H,7-13H2,(H,21,24). The highest BCUT2D eigenvalue weighted by molar-refractivity contribution is 7.16. The molecule has 0 saturated carbocycles. The fourth-order valence-corrected chi connectivity index (χ4v) is 4.37. The predicted octanol–water partition coefficient (Wildman–Crippen LogP) is 3.07. The average molecular weight is 408 g/mol. The van der Waals surface area contributed by atoms with Crippen molar-refractivity contribution in [1.29, 1.82) is 0 Å². The van der Waals surface area contributed by atoms with Crippen LogP contribution >= 0.6 is 22.9 Å². The summed E-state index contributed by atoms with van der Waals surface area (Å²) in [4.78, 5) is 17.9. The Bertz CT molecular complexity index is 792. The van der Waals surface area contributed by atoms with E-state index in [9.17, 15) is 4.79 Å².